The van der Waals surface area contributed by atoms with E-state index in [-0.39, 0.29) is 5.75 Å². The molecule has 1 saturated heterocycles. The summed E-state index contributed by atoms with van der Waals surface area (Å²) in [5.74, 6) is -1.68. The molecule has 0 saturated carbocycles. The number of halogens is 2. The predicted octanol–water partition coefficient (Wildman–Crippen LogP) is 1.68. The molecule has 0 bridgehead atoms. The van der Waals surface area contributed by atoms with E-state index in [1.54, 1.807) is 20.8 Å². The third-order valence-electron chi connectivity index (χ3n) is 3.98. The van der Waals surface area contributed by atoms with E-state index in [2.05, 4.69) is 15.4 Å². The molecule has 9 nitrogen and oxygen atoms in total. The van der Waals surface area contributed by atoms with Crippen LogP contribution in [-0.4, -0.2) is 47.5 Å². The maximum Gasteiger partial charge on any atom is 0.387 e. The number of nitrogens with one attached hydrogen (secondary N) is 3. The molecule has 3 N–H and O–H groups in total. The van der Waals surface area contributed by atoms with Crippen molar-refractivity contribution in [2.45, 2.75) is 45.4 Å². The van der Waals surface area contributed by atoms with Crippen LogP contribution in [0.3, 0.4) is 0 Å². The smallest absolute Gasteiger partial charge is 0.387 e. The lowest BCUT2D eigenvalue weighted by atomic mass is 9.92. The number of carbonyl (C=O) groups excluding carboxylic acids is 4. The minimum absolute atomic E-state index is 0.106. The Morgan fingerprint density at radius 1 is 1.21 bits per heavy atom. The molecule has 11 heteroatoms. The van der Waals surface area contributed by atoms with Crippen LogP contribution in [0, 0.1) is 0 Å². The maximum atomic E-state index is 12.8. The van der Waals surface area contributed by atoms with Crippen molar-refractivity contribution in [3.05, 3.63) is 29.8 Å². The van der Waals surface area contributed by atoms with Crippen LogP contribution in [0.2, 0.25) is 0 Å². The van der Waals surface area contributed by atoms with Crippen LogP contribution >= 0.6 is 0 Å². The van der Waals surface area contributed by atoms with Gasteiger partial charge in [-0.25, -0.2) is 9.59 Å². The number of hydrogen-bond acceptors (Lipinski definition) is 5. The highest BCUT2D eigenvalue weighted by atomic mass is 19.3. The number of imide groups is 2. The molecule has 0 aliphatic carbocycles. The number of carbonyl (C=O) groups is 4. The van der Waals surface area contributed by atoms with Crippen molar-refractivity contribution >= 4 is 23.9 Å². The fraction of sp³-hybridized carbons (Fsp3) is 0.444. The first-order valence-electron chi connectivity index (χ1n) is 8.63. The van der Waals surface area contributed by atoms with Crippen LogP contribution in [0.25, 0.3) is 0 Å². The van der Waals surface area contributed by atoms with Gasteiger partial charge in [0, 0.05) is 5.54 Å². The zero-order valence-corrected chi connectivity index (χ0v) is 16.3. The Bertz CT molecular complexity index is 823. The second-order valence-corrected chi connectivity index (χ2v) is 7.60. The molecule has 0 aromatic heterocycles. The molecule has 0 radical (unpaired) electrons. The number of urea groups is 2. The summed E-state index contributed by atoms with van der Waals surface area (Å²) in [5, 5.41) is 7.04. The number of alkyl halides is 2. The van der Waals surface area contributed by atoms with Gasteiger partial charge >= 0.3 is 18.7 Å². The normalized spacial score (nSPS) is 19.2. The van der Waals surface area contributed by atoms with E-state index in [1.165, 1.54) is 31.2 Å². The standard InChI is InChI=1S/C18H22F2N4O5/c1-17(2,3)22-15(27)21-12(25)9-24-13(26)18(4,23-16(24)28)10-5-7-11(8-6-10)29-14(19)20/h5-8,14H,9H2,1-4H3,(H,23,28)(H2,21,22,25,27). The van der Waals surface area contributed by atoms with Crippen LogP contribution in [-0.2, 0) is 15.1 Å². The predicted molar refractivity (Wildman–Crippen MR) is 97.1 cm³/mol. The summed E-state index contributed by atoms with van der Waals surface area (Å²) in [5.41, 5.74) is -1.77. The molecule has 1 aliphatic rings. The van der Waals surface area contributed by atoms with Crippen molar-refractivity contribution in [2.24, 2.45) is 0 Å². The molecule has 1 atom stereocenters. The monoisotopic (exact) mass is 412 g/mol. The van der Waals surface area contributed by atoms with Crippen molar-refractivity contribution in [1.82, 2.24) is 20.9 Å². The Morgan fingerprint density at radius 3 is 2.31 bits per heavy atom. The molecule has 1 aliphatic heterocycles. The number of amides is 6. The lowest BCUT2D eigenvalue weighted by Gasteiger charge is -2.23. The second-order valence-electron chi connectivity index (χ2n) is 7.60. The Kier molecular flexibility index (Phi) is 6.10. The lowest BCUT2D eigenvalue weighted by Crippen LogP contribution is -2.51. The summed E-state index contributed by atoms with van der Waals surface area (Å²) in [6, 6.07) is 3.60. The van der Waals surface area contributed by atoms with E-state index < -0.39 is 48.1 Å². The number of ether oxygens (including phenoxy) is 1. The number of hydrogen-bond donors (Lipinski definition) is 3. The fourth-order valence-electron chi connectivity index (χ4n) is 2.69. The van der Waals surface area contributed by atoms with Crippen LogP contribution in [0.15, 0.2) is 24.3 Å². The van der Waals surface area contributed by atoms with Crippen molar-refractivity contribution in [3.8, 4) is 5.75 Å². The van der Waals surface area contributed by atoms with Gasteiger partial charge in [0.25, 0.3) is 5.91 Å². The summed E-state index contributed by atoms with van der Waals surface area (Å²) in [6.07, 6.45) is 0. The summed E-state index contributed by atoms with van der Waals surface area (Å²) in [4.78, 5) is 49.5. The molecule has 1 aromatic carbocycles. The van der Waals surface area contributed by atoms with Gasteiger partial charge in [0.2, 0.25) is 5.91 Å². The van der Waals surface area contributed by atoms with Crippen molar-refractivity contribution in [1.29, 1.82) is 0 Å². The van der Waals surface area contributed by atoms with Crippen LogP contribution in [0.1, 0.15) is 33.3 Å². The highest BCUT2D eigenvalue weighted by Crippen LogP contribution is 2.30. The van der Waals surface area contributed by atoms with Crippen molar-refractivity contribution in [2.75, 3.05) is 6.54 Å². The molecule has 1 heterocycles. The fourth-order valence-corrected chi connectivity index (χ4v) is 2.69. The Balaban J connectivity index is 2.08. The first-order valence-corrected chi connectivity index (χ1v) is 8.63. The topological polar surface area (TPSA) is 117 Å². The Morgan fingerprint density at radius 2 is 1.79 bits per heavy atom. The van der Waals surface area contributed by atoms with E-state index in [0.29, 0.717) is 10.5 Å². The van der Waals surface area contributed by atoms with Crippen molar-refractivity contribution in [3.63, 3.8) is 0 Å². The van der Waals surface area contributed by atoms with E-state index in [0.717, 1.165) is 0 Å². The van der Waals surface area contributed by atoms with Gasteiger partial charge in [-0.1, -0.05) is 12.1 Å². The van der Waals surface area contributed by atoms with E-state index >= 15 is 0 Å². The zero-order chi connectivity index (χ0) is 22.0. The van der Waals surface area contributed by atoms with E-state index in [4.69, 9.17) is 0 Å². The van der Waals surface area contributed by atoms with E-state index in [1.807, 2.05) is 5.32 Å². The molecule has 2 rings (SSSR count). The summed E-state index contributed by atoms with van der Waals surface area (Å²) in [6.45, 7) is 2.92. The third-order valence-corrected chi connectivity index (χ3v) is 3.98. The van der Waals surface area contributed by atoms with Crippen LogP contribution in [0.4, 0.5) is 18.4 Å². The summed E-state index contributed by atoms with van der Waals surface area (Å²) in [7, 11) is 0. The van der Waals surface area contributed by atoms with Crippen LogP contribution in [0.5, 0.6) is 5.75 Å². The van der Waals surface area contributed by atoms with Crippen LogP contribution < -0.4 is 20.7 Å². The maximum absolute atomic E-state index is 12.8. The molecule has 158 valence electrons. The third kappa shape index (κ3) is 5.39. The Labute approximate surface area is 165 Å². The van der Waals surface area contributed by atoms with Gasteiger partial charge in [-0.05, 0) is 45.4 Å². The minimum Gasteiger partial charge on any atom is -0.435 e. The number of nitrogens with zero attached hydrogens (tertiary/aromatic N) is 1. The van der Waals surface area contributed by atoms with Gasteiger partial charge in [-0.2, -0.15) is 8.78 Å². The molecule has 1 fully saturated rings. The molecule has 29 heavy (non-hydrogen) atoms. The SMILES string of the molecule is CC(C)(C)NC(=O)NC(=O)CN1C(=O)NC(C)(c2ccc(OC(F)F)cc2)C1=O. The van der Waals surface area contributed by atoms with Gasteiger partial charge in [0.1, 0.15) is 17.8 Å². The molecule has 0 spiro atoms. The largest absolute Gasteiger partial charge is 0.435 e. The highest BCUT2D eigenvalue weighted by molar-refractivity contribution is 6.10. The first kappa shape index (κ1) is 22.1. The summed E-state index contributed by atoms with van der Waals surface area (Å²) < 4.78 is 28.8. The molecular formula is C18H22F2N4O5. The van der Waals surface area contributed by atoms with Gasteiger partial charge in [-0.15, -0.1) is 0 Å². The molecule has 6 amide bonds. The van der Waals surface area contributed by atoms with Gasteiger partial charge in [-0.3, -0.25) is 19.8 Å². The van der Waals surface area contributed by atoms with E-state index in [9.17, 15) is 28.0 Å². The average Bonchev–Trinajstić information content (AvgIpc) is 2.77. The zero-order valence-electron chi connectivity index (χ0n) is 16.3. The Hall–Kier alpha value is -3.24. The molecule has 1 aromatic rings. The highest BCUT2D eigenvalue weighted by Gasteiger charge is 2.49. The van der Waals surface area contributed by atoms with Gasteiger partial charge in [0.05, 0.1) is 0 Å². The molecular weight excluding hydrogens is 390 g/mol. The lowest BCUT2D eigenvalue weighted by molar-refractivity contribution is -0.134. The number of benzene rings is 1. The second kappa shape index (κ2) is 8.02. The summed E-state index contributed by atoms with van der Waals surface area (Å²) >= 11 is 0. The molecule has 1 unspecified atom stereocenters. The minimum atomic E-state index is -2.99. The first-order chi connectivity index (χ1) is 13.3. The van der Waals surface area contributed by atoms with Gasteiger partial charge in [0.15, 0.2) is 0 Å². The quantitative estimate of drug-likeness (QED) is 0.636. The average molecular weight is 412 g/mol. The van der Waals surface area contributed by atoms with Crippen molar-refractivity contribution < 1.29 is 32.7 Å². The number of rotatable bonds is 5. The van der Waals surface area contributed by atoms with Gasteiger partial charge < -0.3 is 15.4 Å².